The molecule has 5 rings (SSSR count). The van der Waals surface area contributed by atoms with E-state index < -0.39 is 0 Å². The molecule has 0 radical (unpaired) electrons. The van der Waals surface area contributed by atoms with Crippen molar-refractivity contribution in [1.82, 2.24) is 20.3 Å². The summed E-state index contributed by atoms with van der Waals surface area (Å²) in [6.07, 6.45) is 7.24. The minimum absolute atomic E-state index is 0.160. The average molecular weight is 505 g/mol. The number of anilines is 3. The molecule has 3 heterocycles. The van der Waals surface area contributed by atoms with Gasteiger partial charge in [-0.3, -0.25) is 4.98 Å². The highest BCUT2D eigenvalue weighted by atomic mass is 32.1. The molecule has 3 aromatic heterocycles. The number of ether oxygens (including phenoxy) is 1. The van der Waals surface area contributed by atoms with E-state index in [1.54, 1.807) is 18.4 Å². The van der Waals surface area contributed by atoms with Crippen molar-refractivity contribution in [3.05, 3.63) is 60.4 Å². The van der Waals surface area contributed by atoms with Gasteiger partial charge in [-0.2, -0.15) is 0 Å². The molecular formula is C27H32N6O2S. The average Bonchev–Trinajstić information content (AvgIpc) is 3.30. The summed E-state index contributed by atoms with van der Waals surface area (Å²) in [6.45, 7) is 2.25. The van der Waals surface area contributed by atoms with Crippen molar-refractivity contribution < 1.29 is 9.84 Å². The van der Waals surface area contributed by atoms with E-state index in [2.05, 4.69) is 45.2 Å². The van der Waals surface area contributed by atoms with Crippen molar-refractivity contribution in [3.63, 3.8) is 0 Å². The van der Waals surface area contributed by atoms with Crippen LogP contribution in [0.1, 0.15) is 31.2 Å². The normalized spacial score (nSPS) is 17.8. The number of thiazole rings is 1. The molecule has 1 fully saturated rings. The number of fused-ring (bicyclic) bond motifs is 1. The van der Waals surface area contributed by atoms with Gasteiger partial charge in [0.15, 0.2) is 5.13 Å². The molecule has 4 aromatic rings. The maximum Gasteiger partial charge on any atom is 0.189 e. The second-order valence-electron chi connectivity index (χ2n) is 9.14. The van der Waals surface area contributed by atoms with E-state index in [1.165, 1.54) is 0 Å². The molecule has 0 spiro atoms. The van der Waals surface area contributed by atoms with Gasteiger partial charge in [-0.05, 0) is 67.1 Å². The van der Waals surface area contributed by atoms with Crippen molar-refractivity contribution in [2.45, 2.75) is 44.4 Å². The molecule has 9 heteroatoms. The van der Waals surface area contributed by atoms with E-state index in [0.29, 0.717) is 12.6 Å². The van der Waals surface area contributed by atoms with Gasteiger partial charge in [-0.25, -0.2) is 9.97 Å². The molecule has 0 atom stereocenters. The lowest BCUT2D eigenvalue weighted by Crippen LogP contribution is -2.28. The Morgan fingerprint density at radius 2 is 1.86 bits per heavy atom. The van der Waals surface area contributed by atoms with Crippen molar-refractivity contribution >= 4 is 38.3 Å². The number of aliphatic hydroxyl groups is 1. The Morgan fingerprint density at radius 1 is 1.00 bits per heavy atom. The number of methoxy groups -OCH3 is 1. The van der Waals surface area contributed by atoms with Crippen LogP contribution in [0.4, 0.5) is 16.8 Å². The molecule has 0 aliphatic heterocycles. The third-order valence-electron chi connectivity index (χ3n) is 6.36. The molecular weight excluding hydrogens is 472 g/mol. The number of benzene rings is 1. The fraction of sp³-hybridized carbons (Fsp3) is 0.370. The summed E-state index contributed by atoms with van der Waals surface area (Å²) >= 11 is 1.61. The summed E-state index contributed by atoms with van der Waals surface area (Å²) in [6, 6.07) is 14.8. The Morgan fingerprint density at radius 3 is 2.72 bits per heavy atom. The maximum atomic E-state index is 9.73. The summed E-state index contributed by atoms with van der Waals surface area (Å²) < 4.78 is 6.20. The Bertz CT molecular complexity index is 1290. The van der Waals surface area contributed by atoms with Gasteiger partial charge < -0.3 is 25.8 Å². The summed E-state index contributed by atoms with van der Waals surface area (Å²) in [7, 11) is 1.71. The van der Waals surface area contributed by atoms with E-state index in [4.69, 9.17) is 14.7 Å². The number of hydrogen-bond acceptors (Lipinski definition) is 9. The predicted molar refractivity (Wildman–Crippen MR) is 146 cm³/mol. The van der Waals surface area contributed by atoms with Crippen molar-refractivity contribution in [1.29, 1.82) is 0 Å². The fourth-order valence-electron chi connectivity index (χ4n) is 4.43. The first-order chi connectivity index (χ1) is 17.7. The number of nitrogens with zero attached hydrogens (tertiary/aromatic N) is 3. The first kappa shape index (κ1) is 24.6. The number of hydrogen-bond donors (Lipinski definition) is 4. The zero-order valence-corrected chi connectivity index (χ0v) is 21.2. The first-order valence-electron chi connectivity index (χ1n) is 12.4. The second-order valence-corrected chi connectivity index (χ2v) is 10.2. The number of nitrogens with one attached hydrogen (secondary N) is 3. The Kier molecular flexibility index (Phi) is 8.02. The van der Waals surface area contributed by atoms with Crippen LogP contribution in [0.3, 0.4) is 0 Å². The monoisotopic (exact) mass is 504 g/mol. The largest absolute Gasteiger partial charge is 0.393 e. The highest BCUT2D eigenvalue weighted by molar-refractivity contribution is 7.22. The number of aromatic nitrogens is 3. The second kappa shape index (κ2) is 11.7. The fourth-order valence-corrected chi connectivity index (χ4v) is 5.34. The van der Waals surface area contributed by atoms with E-state index in [-0.39, 0.29) is 6.10 Å². The maximum absolute atomic E-state index is 9.73. The lowest BCUT2D eigenvalue weighted by Gasteiger charge is -2.26. The smallest absolute Gasteiger partial charge is 0.189 e. The molecule has 8 nitrogen and oxygen atoms in total. The Hall–Kier alpha value is -3.11. The lowest BCUT2D eigenvalue weighted by atomic mass is 9.93. The minimum atomic E-state index is -0.160. The van der Waals surface area contributed by atoms with Gasteiger partial charge in [0.1, 0.15) is 11.6 Å². The van der Waals surface area contributed by atoms with Crippen LogP contribution < -0.4 is 16.0 Å². The van der Waals surface area contributed by atoms with Crippen molar-refractivity contribution in [2.75, 3.05) is 30.9 Å². The number of aliphatic hydroxyl groups excluding tert-OH is 1. The molecule has 0 unspecified atom stereocenters. The van der Waals surface area contributed by atoms with Crippen LogP contribution in [0.25, 0.3) is 21.3 Å². The standard InChI is InChI=1S/C27H32N6O2S/c1-35-12-11-28-15-18-13-20(17-29-16-18)19-5-10-23-24(14-19)36-27(31-23)33-26-4-2-3-25(32-26)30-21-6-8-22(34)9-7-21/h2-5,10,13-14,16-17,21-22,28,34H,6-9,11-12,15H2,1H3,(H2,30,31,32,33). The summed E-state index contributed by atoms with van der Waals surface area (Å²) in [5.74, 6) is 1.60. The molecule has 4 N–H and O–H groups in total. The lowest BCUT2D eigenvalue weighted by molar-refractivity contribution is 0.126. The molecule has 1 aromatic carbocycles. The van der Waals surface area contributed by atoms with E-state index in [1.807, 2.05) is 30.6 Å². The molecule has 0 bridgehead atoms. The van der Waals surface area contributed by atoms with Gasteiger partial charge in [0.25, 0.3) is 0 Å². The van der Waals surface area contributed by atoms with E-state index >= 15 is 0 Å². The predicted octanol–water partition coefficient (Wildman–Crippen LogP) is 4.95. The number of rotatable bonds is 10. The van der Waals surface area contributed by atoms with Gasteiger partial charge in [0.05, 0.1) is 22.9 Å². The molecule has 36 heavy (non-hydrogen) atoms. The third kappa shape index (κ3) is 6.36. The van der Waals surface area contributed by atoms with Crippen LogP contribution in [0.2, 0.25) is 0 Å². The highest BCUT2D eigenvalue weighted by Gasteiger charge is 2.19. The minimum Gasteiger partial charge on any atom is -0.393 e. The molecule has 0 saturated heterocycles. The van der Waals surface area contributed by atoms with Crippen molar-refractivity contribution in [2.24, 2.45) is 0 Å². The van der Waals surface area contributed by atoms with Crippen LogP contribution in [0, 0.1) is 0 Å². The molecule has 1 saturated carbocycles. The van der Waals surface area contributed by atoms with Crippen LogP contribution in [0.5, 0.6) is 0 Å². The highest BCUT2D eigenvalue weighted by Crippen LogP contribution is 2.32. The van der Waals surface area contributed by atoms with Crippen LogP contribution in [-0.4, -0.2) is 52.5 Å². The zero-order chi connectivity index (χ0) is 24.7. The SMILES string of the molecule is COCCNCc1cncc(-c2ccc3nc(Nc4cccc(NC5CCC(O)CC5)n4)sc3c2)c1. The quantitative estimate of drug-likeness (QED) is 0.225. The van der Waals surface area contributed by atoms with E-state index in [0.717, 1.165) is 82.4 Å². The van der Waals surface area contributed by atoms with Crippen LogP contribution in [-0.2, 0) is 11.3 Å². The van der Waals surface area contributed by atoms with Gasteiger partial charge in [-0.1, -0.05) is 23.5 Å². The van der Waals surface area contributed by atoms with Gasteiger partial charge in [0, 0.05) is 44.2 Å². The molecule has 1 aliphatic carbocycles. The van der Waals surface area contributed by atoms with Crippen molar-refractivity contribution in [3.8, 4) is 11.1 Å². The van der Waals surface area contributed by atoms with Crippen LogP contribution in [0.15, 0.2) is 54.9 Å². The van der Waals surface area contributed by atoms with Gasteiger partial charge in [-0.15, -0.1) is 0 Å². The summed E-state index contributed by atoms with van der Waals surface area (Å²) in [4.78, 5) is 13.9. The molecule has 0 amide bonds. The topological polar surface area (TPSA) is 104 Å². The molecule has 1 aliphatic rings. The third-order valence-corrected chi connectivity index (χ3v) is 7.30. The zero-order valence-electron chi connectivity index (χ0n) is 20.4. The number of pyridine rings is 2. The van der Waals surface area contributed by atoms with Gasteiger partial charge in [0.2, 0.25) is 0 Å². The summed E-state index contributed by atoms with van der Waals surface area (Å²) in [5.41, 5.74) is 4.29. The van der Waals surface area contributed by atoms with Crippen LogP contribution >= 0.6 is 11.3 Å². The Balaban J connectivity index is 1.26. The Labute approximate surface area is 215 Å². The first-order valence-corrected chi connectivity index (χ1v) is 13.2. The van der Waals surface area contributed by atoms with Gasteiger partial charge >= 0.3 is 0 Å². The molecule has 188 valence electrons. The summed E-state index contributed by atoms with van der Waals surface area (Å²) in [5, 5.41) is 20.8. The van der Waals surface area contributed by atoms with E-state index in [9.17, 15) is 5.11 Å².